The fourth-order valence-electron chi connectivity index (χ4n) is 2.83. The van der Waals surface area contributed by atoms with Gasteiger partial charge in [0.2, 0.25) is 0 Å². The third-order valence-corrected chi connectivity index (χ3v) is 5.37. The number of anilines is 2. The Hall–Kier alpha value is -2.44. The summed E-state index contributed by atoms with van der Waals surface area (Å²) in [7, 11) is 4.04. The minimum absolute atomic E-state index is 0.561. The Morgan fingerprint density at radius 3 is 2.50 bits per heavy atom. The van der Waals surface area contributed by atoms with E-state index in [1.807, 2.05) is 20.2 Å². The van der Waals surface area contributed by atoms with Crippen LogP contribution < -0.4 is 10.2 Å². The van der Waals surface area contributed by atoms with Crippen LogP contribution in [0.1, 0.15) is 10.4 Å². The SMILES string of the molecule is Cc1cc2nc3ccc(N(C)C)cc3nc2cc1NCc1cnc(Cl)s1. The number of hydrogen-bond acceptors (Lipinski definition) is 6. The van der Waals surface area contributed by atoms with Crippen LogP contribution in [0.3, 0.4) is 0 Å². The van der Waals surface area contributed by atoms with Gasteiger partial charge in [-0.3, -0.25) is 0 Å². The molecule has 4 aromatic rings. The molecular weight excluding hydrogens is 366 g/mol. The van der Waals surface area contributed by atoms with E-state index in [2.05, 4.69) is 46.4 Å². The number of rotatable bonds is 4. The molecule has 0 spiro atoms. The molecule has 26 heavy (non-hydrogen) atoms. The van der Waals surface area contributed by atoms with E-state index >= 15 is 0 Å². The molecule has 0 saturated heterocycles. The first-order valence-corrected chi connectivity index (χ1v) is 9.42. The Morgan fingerprint density at radius 1 is 1.04 bits per heavy atom. The first-order valence-electron chi connectivity index (χ1n) is 8.23. The minimum Gasteiger partial charge on any atom is -0.380 e. The Kier molecular flexibility index (Phi) is 4.38. The molecular formula is C19H18ClN5S. The van der Waals surface area contributed by atoms with E-state index in [9.17, 15) is 0 Å². The summed E-state index contributed by atoms with van der Waals surface area (Å²) in [5.74, 6) is 0. The van der Waals surface area contributed by atoms with Crippen LogP contribution in [0.2, 0.25) is 4.47 Å². The van der Waals surface area contributed by atoms with Crippen molar-refractivity contribution < 1.29 is 0 Å². The number of nitrogens with one attached hydrogen (secondary N) is 1. The summed E-state index contributed by atoms with van der Waals surface area (Å²) in [5, 5.41) is 3.45. The van der Waals surface area contributed by atoms with Crippen molar-refractivity contribution in [1.82, 2.24) is 15.0 Å². The Balaban J connectivity index is 1.72. The lowest BCUT2D eigenvalue weighted by atomic mass is 10.1. The average Bonchev–Trinajstić information content (AvgIpc) is 3.03. The van der Waals surface area contributed by atoms with Gasteiger partial charge in [-0.2, -0.15) is 0 Å². The monoisotopic (exact) mass is 383 g/mol. The number of benzene rings is 2. The number of aryl methyl sites for hydroxylation is 1. The van der Waals surface area contributed by atoms with E-state index in [1.165, 1.54) is 11.3 Å². The van der Waals surface area contributed by atoms with Crippen LogP contribution in [0.5, 0.6) is 0 Å². The van der Waals surface area contributed by atoms with Gasteiger partial charge in [0.1, 0.15) is 0 Å². The van der Waals surface area contributed by atoms with Crippen LogP contribution in [-0.2, 0) is 6.54 Å². The highest BCUT2D eigenvalue weighted by molar-refractivity contribution is 7.15. The molecule has 2 heterocycles. The second-order valence-electron chi connectivity index (χ2n) is 6.38. The van der Waals surface area contributed by atoms with Gasteiger partial charge in [0.05, 0.1) is 28.6 Å². The first-order chi connectivity index (χ1) is 12.5. The van der Waals surface area contributed by atoms with E-state index in [0.29, 0.717) is 11.0 Å². The number of aromatic nitrogens is 3. The van der Waals surface area contributed by atoms with Crippen molar-refractivity contribution in [1.29, 1.82) is 0 Å². The van der Waals surface area contributed by atoms with Crippen molar-refractivity contribution in [2.75, 3.05) is 24.3 Å². The van der Waals surface area contributed by atoms with Crippen LogP contribution in [0.25, 0.3) is 22.1 Å². The summed E-state index contributed by atoms with van der Waals surface area (Å²) in [6.45, 7) is 2.75. The third-order valence-electron chi connectivity index (χ3n) is 4.26. The quantitative estimate of drug-likeness (QED) is 0.509. The Morgan fingerprint density at radius 2 is 1.77 bits per heavy atom. The lowest BCUT2D eigenvalue weighted by Crippen LogP contribution is -2.08. The fourth-order valence-corrected chi connectivity index (χ4v) is 3.75. The summed E-state index contributed by atoms with van der Waals surface area (Å²) < 4.78 is 0.561. The van der Waals surface area contributed by atoms with Crippen LogP contribution in [0.4, 0.5) is 11.4 Å². The first kappa shape index (κ1) is 17.0. The molecule has 5 nitrogen and oxygen atoms in total. The third kappa shape index (κ3) is 3.30. The molecule has 0 bridgehead atoms. The number of fused-ring (bicyclic) bond motifs is 2. The van der Waals surface area contributed by atoms with Gasteiger partial charge in [-0.05, 0) is 42.8 Å². The molecule has 0 saturated carbocycles. The summed E-state index contributed by atoms with van der Waals surface area (Å²) in [4.78, 5) is 16.8. The van der Waals surface area contributed by atoms with Crippen molar-refractivity contribution in [2.45, 2.75) is 13.5 Å². The molecule has 0 fully saturated rings. The maximum atomic E-state index is 5.90. The molecule has 0 aliphatic rings. The largest absolute Gasteiger partial charge is 0.380 e. The zero-order chi connectivity index (χ0) is 18.3. The second kappa shape index (κ2) is 6.70. The van der Waals surface area contributed by atoms with E-state index in [4.69, 9.17) is 21.6 Å². The van der Waals surface area contributed by atoms with E-state index < -0.39 is 0 Å². The molecule has 0 aliphatic heterocycles. The molecule has 0 unspecified atom stereocenters. The normalized spacial score (nSPS) is 11.2. The highest BCUT2D eigenvalue weighted by atomic mass is 35.5. The fraction of sp³-hybridized carbons (Fsp3) is 0.211. The van der Waals surface area contributed by atoms with Crippen molar-refractivity contribution >= 4 is 56.4 Å². The zero-order valence-electron chi connectivity index (χ0n) is 14.7. The molecule has 132 valence electrons. The highest BCUT2D eigenvalue weighted by Gasteiger charge is 2.08. The van der Waals surface area contributed by atoms with Gasteiger partial charge in [0, 0.05) is 36.5 Å². The standard InChI is InChI=1S/C19H18ClN5S/c1-11-6-16-18(8-15(11)21-9-13-10-22-19(20)26-13)24-17-7-12(25(2)3)4-5-14(17)23-16/h4-8,10,21H,9H2,1-3H3. The van der Waals surface area contributed by atoms with E-state index in [0.717, 1.165) is 43.9 Å². The van der Waals surface area contributed by atoms with Gasteiger partial charge in [-0.25, -0.2) is 15.0 Å². The van der Waals surface area contributed by atoms with Gasteiger partial charge in [-0.15, -0.1) is 11.3 Å². The van der Waals surface area contributed by atoms with Crippen molar-refractivity contribution in [2.24, 2.45) is 0 Å². The molecule has 2 aromatic carbocycles. The maximum absolute atomic E-state index is 5.90. The molecule has 0 atom stereocenters. The molecule has 1 N–H and O–H groups in total. The second-order valence-corrected chi connectivity index (χ2v) is 8.08. The molecule has 0 aliphatic carbocycles. The number of halogens is 1. The summed E-state index contributed by atoms with van der Waals surface area (Å²) in [6.07, 6.45) is 1.80. The Labute approximate surface area is 160 Å². The van der Waals surface area contributed by atoms with Crippen LogP contribution >= 0.6 is 22.9 Å². The molecule has 7 heteroatoms. The van der Waals surface area contributed by atoms with Gasteiger partial charge in [-0.1, -0.05) is 11.6 Å². The Bertz CT molecular complexity index is 1110. The van der Waals surface area contributed by atoms with E-state index in [-0.39, 0.29) is 0 Å². The molecule has 2 aromatic heterocycles. The maximum Gasteiger partial charge on any atom is 0.183 e. The predicted octanol–water partition coefficient (Wildman–Crippen LogP) is 4.88. The van der Waals surface area contributed by atoms with Gasteiger partial charge in [0.25, 0.3) is 0 Å². The number of nitrogens with zero attached hydrogens (tertiary/aromatic N) is 4. The molecule has 0 radical (unpaired) electrons. The molecule has 4 rings (SSSR count). The topological polar surface area (TPSA) is 53.9 Å². The zero-order valence-corrected chi connectivity index (χ0v) is 16.3. The summed E-state index contributed by atoms with van der Waals surface area (Å²) >= 11 is 7.38. The van der Waals surface area contributed by atoms with Gasteiger partial charge < -0.3 is 10.2 Å². The van der Waals surface area contributed by atoms with Crippen LogP contribution in [0.15, 0.2) is 36.5 Å². The van der Waals surface area contributed by atoms with E-state index in [1.54, 1.807) is 6.20 Å². The predicted molar refractivity (Wildman–Crippen MR) is 111 cm³/mol. The summed E-state index contributed by atoms with van der Waals surface area (Å²) in [6, 6.07) is 10.3. The number of thiazole rings is 1. The van der Waals surface area contributed by atoms with Crippen molar-refractivity contribution in [3.8, 4) is 0 Å². The average molecular weight is 384 g/mol. The minimum atomic E-state index is 0.561. The lowest BCUT2D eigenvalue weighted by molar-refractivity contribution is 1.13. The highest BCUT2D eigenvalue weighted by Crippen LogP contribution is 2.26. The van der Waals surface area contributed by atoms with Gasteiger partial charge in [0.15, 0.2) is 4.47 Å². The van der Waals surface area contributed by atoms with Crippen LogP contribution in [0, 0.1) is 6.92 Å². The molecule has 0 amide bonds. The van der Waals surface area contributed by atoms with Crippen molar-refractivity contribution in [3.63, 3.8) is 0 Å². The van der Waals surface area contributed by atoms with Crippen LogP contribution in [-0.4, -0.2) is 29.0 Å². The smallest absolute Gasteiger partial charge is 0.183 e. The summed E-state index contributed by atoms with van der Waals surface area (Å²) in [5.41, 5.74) is 6.86. The lowest BCUT2D eigenvalue weighted by Gasteiger charge is -2.13. The van der Waals surface area contributed by atoms with Gasteiger partial charge >= 0.3 is 0 Å². The number of hydrogen-bond donors (Lipinski definition) is 1. The van der Waals surface area contributed by atoms with Crippen molar-refractivity contribution in [3.05, 3.63) is 51.4 Å².